The van der Waals surface area contributed by atoms with Gasteiger partial charge in [0.2, 0.25) is 11.8 Å². The zero-order chi connectivity index (χ0) is 19.6. The van der Waals surface area contributed by atoms with Crippen molar-refractivity contribution in [3.8, 4) is 0 Å². The molecule has 1 saturated carbocycles. The molecule has 1 aromatic heterocycles. The number of aromatic nitrogens is 2. The summed E-state index contributed by atoms with van der Waals surface area (Å²) in [5, 5.41) is 3.03. The number of carbonyl (C=O) groups excluding carboxylic acids is 2. The molecule has 0 bridgehead atoms. The average Bonchev–Trinajstić information content (AvgIpc) is 3.11. The van der Waals surface area contributed by atoms with Gasteiger partial charge in [0.25, 0.3) is 0 Å². The van der Waals surface area contributed by atoms with Crippen LogP contribution in [0.15, 0.2) is 30.6 Å². The SMILES string of the molecule is CC(=O)NC1(C(=O)N2CCCC(Cn3cnc4ccccc43)C2)CCCCC1. The number of para-hydroxylation sites is 2. The molecule has 2 amide bonds. The standard InChI is InChI=1S/C22H30N4O2/c1-17(27)24-22(11-5-2-6-12-22)21(28)25-13-7-8-18(14-25)15-26-16-23-19-9-3-4-10-20(19)26/h3-4,9-10,16,18H,2,5-8,11-15H2,1H3,(H,24,27). The molecule has 1 aliphatic heterocycles. The lowest BCUT2D eigenvalue weighted by molar-refractivity contribution is -0.144. The zero-order valence-corrected chi connectivity index (χ0v) is 16.7. The summed E-state index contributed by atoms with van der Waals surface area (Å²) in [6.45, 7) is 3.94. The first kappa shape index (κ1) is 19.0. The van der Waals surface area contributed by atoms with E-state index >= 15 is 0 Å². The lowest BCUT2D eigenvalue weighted by atomic mass is 9.79. The Labute approximate surface area is 166 Å². The molecule has 0 spiro atoms. The number of nitrogens with zero attached hydrogens (tertiary/aromatic N) is 3. The van der Waals surface area contributed by atoms with E-state index in [4.69, 9.17) is 0 Å². The van der Waals surface area contributed by atoms with E-state index in [1.165, 1.54) is 6.92 Å². The van der Waals surface area contributed by atoms with Crippen LogP contribution < -0.4 is 5.32 Å². The fraction of sp³-hybridized carbons (Fsp3) is 0.591. The van der Waals surface area contributed by atoms with Gasteiger partial charge in [0.05, 0.1) is 17.4 Å². The molecular formula is C22H30N4O2. The number of benzene rings is 1. The van der Waals surface area contributed by atoms with Crippen LogP contribution in [0.25, 0.3) is 11.0 Å². The summed E-state index contributed by atoms with van der Waals surface area (Å²) in [5.41, 5.74) is 1.47. The maximum Gasteiger partial charge on any atom is 0.248 e. The van der Waals surface area contributed by atoms with Gasteiger partial charge in [-0.05, 0) is 43.7 Å². The lowest BCUT2D eigenvalue weighted by Crippen LogP contribution is -2.61. The second-order valence-corrected chi connectivity index (χ2v) is 8.47. The molecule has 1 aliphatic carbocycles. The van der Waals surface area contributed by atoms with E-state index in [-0.39, 0.29) is 11.8 Å². The molecule has 2 aromatic rings. The minimum absolute atomic E-state index is 0.103. The quantitative estimate of drug-likeness (QED) is 0.883. The van der Waals surface area contributed by atoms with Gasteiger partial charge in [-0.3, -0.25) is 9.59 Å². The molecule has 1 aromatic carbocycles. The van der Waals surface area contributed by atoms with Crippen molar-refractivity contribution in [3.05, 3.63) is 30.6 Å². The number of hydrogen-bond donors (Lipinski definition) is 1. The highest BCUT2D eigenvalue weighted by Gasteiger charge is 2.43. The van der Waals surface area contributed by atoms with Crippen molar-refractivity contribution >= 4 is 22.8 Å². The molecule has 28 heavy (non-hydrogen) atoms. The Hall–Kier alpha value is -2.37. The molecule has 0 radical (unpaired) electrons. The van der Waals surface area contributed by atoms with Gasteiger partial charge in [0.15, 0.2) is 0 Å². The number of piperidine rings is 1. The van der Waals surface area contributed by atoms with Crippen LogP contribution in [0.4, 0.5) is 0 Å². The largest absolute Gasteiger partial charge is 0.342 e. The van der Waals surface area contributed by atoms with Crippen LogP contribution in [0, 0.1) is 5.92 Å². The fourth-order valence-corrected chi connectivity index (χ4v) is 5.02. The number of imidazole rings is 1. The van der Waals surface area contributed by atoms with Gasteiger partial charge in [0.1, 0.15) is 5.54 Å². The maximum absolute atomic E-state index is 13.5. The Kier molecular flexibility index (Phi) is 5.38. The summed E-state index contributed by atoms with van der Waals surface area (Å²) < 4.78 is 2.21. The van der Waals surface area contributed by atoms with E-state index in [0.717, 1.165) is 75.6 Å². The smallest absolute Gasteiger partial charge is 0.248 e. The Morgan fingerprint density at radius 1 is 1.18 bits per heavy atom. The van der Waals surface area contributed by atoms with Crippen LogP contribution >= 0.6 is 0 Å². The molecule has 1 saturated heterocycles. The van der Waals surface area contributed by atoms with Crippen LogP contribution in [-0.4, -0.2) is 44.9 Å². The van der Waals surface area contributed by atoms with Gasteiger partial charge in [0, 0.05) is 26.6 Å². The van der Waals surface area contributed by atoms with Crippen LogP contribution in [-0.2, 0) is 16.1 Å². The van der Waals surface area contributed by atoms with Crippen LogP contribution in [0.2, 0.25) is 0 Å². The van der Waals surface area contributed by atoms with E-state index in [1.54, 1.807) is 0 Å². The van der Waals surface area contributed by atoms with Crippen molar-refractivity contribution < 1.29 is 9.59 Å². The Bertz CT molecular complexity index is 853. The minimum atomic E-state index is -0.687. The Balaban J connectivity index is 1.48. The number of likely N-dealkylation sites (tertiary alicyclic amines) is 1. The van der Waals surface area contributed by atoms with Crippen LogP contribution in [0.3, 0.4) is 0 Å². The third-order valence-electron chi connectivity index (χ3n) is 6.32. The number of amides is 2. The topological polar surface area (TPSA) is 67.2 Å². The van der Waals surface area contributed by atoms with Gasteiger partial charge >= 0.3 is 0 Å². The van der Waals surface area contributed by atoms with E-state index < -0.39 is 5.54 Å². The number of hydrogen-bond acceptors (Lipinski definition) is 3. The van der Waals surface area contributed by atoms with Crippen molar-refractivity contribution in [3.63, 3.8) is 0 Å². The summed E-state index contributed by atoms with van der Waals surface area (Å²) in [7, 11) is 0. The molecule has 1 atom stereocenters. The van der Waals surface area contributed by atoms with Gasteiger partial charge in [-0.15, -0.1) is 0 Å². The first-order valence-electron chi connectivity index (χ1n) is 10.6. The third kappa shape index (κ3) is 3.77. The second-order valence-electron chi connectivity index (χ2n) is 8.47. The molecular weight excluding hydrogens is 352 g/mol. The van der Waals surface area contributed by atoms with Gasteiger partial charge in [-0.25, -0.2) is 4.98 Å². The number of fused-ring (bicyclic) bond motifs is 1. The summed E-state index contributed by atoms with van der Waals surface area (Å²) in [4.78, 5) is 31.8. The highest BCUT2D eigenvalue weighted by Crippen LogP contribution is 2.32. The van der Waals surface area contributed by atoms with Crippen molar-refractivity contribution in [2.45, 2.75) is 64.0 Å². The molecule has 1 N–H and O–H groups in total. The van der Waals surface area contributed by atoms with E-state index in [2.05, 4.69) is 20.9 Å². The number of nitrogens with one attached hydrogen (secondary N) is 1. The highest BCUT2D eigenvalue weighted by molar-refractivity contribution is 5.91. The Morgan fingerprint density at radius 3 is 2.75 bits per heavy atom. The minimum Gasteiger partial charge on any atom is -0.342 e. The number of rotatable bonds is 4. The van der Waals surface area contributed by atoms with Gasteiger partial charge in [-0.2, -0.15) is 0 Å². The molecule has 2 aliphatic rings. The molecule has 150 valence electrons. The third-order valence-corrected chi connectivity index (χ3v) is 6.32. The van der Waals surface area contributed by atoms with E-state index in [0.29, 0.717) is 5.92 Å². The monoisotopic (exact) mass is 382 g/mol. The summed E-state index contributed by atoms with van der Waals surface area (Å²) >= 11 is 0. The van der Waals surface area contributed by atoms with E-state index in [9.17, 15) is 9.59 Å². The predicted octanol–water partition coefficient (Wildman–Crippen LogP) is 3.11. The first-order valence-corrected chi connectivity index (χ1v) is 10.6. The van der Waals surface area contributed by atoms with Crippen molar-refractivity contribution in [2.24, 2.45) is 5.92 Å². The molecule has 2 heterocycles. The molecule has 2 fully saturated rings. The highest BCUT2D eigenvalue weighted by atomic mass is 16.2. The van der Waals surface area contributed by atoms with Gasteiger partial charge < -0.3 is 14.8 Å². The second kappa shape index (κ2) is 7.94. The molecule has 1 unspecified atom stereocenters. The van der Waals surface area contributed by atoms with Crippen molar-refractivity contribution in [1.29, 1.82) is 0 Å². The zero-order valence-electron chi connectivity index (χ0n) is 16.7. The molecule has 4 rings (SSSR count). The Morgan fingerprint density at radius 2 is 1.96 bits per heavy atom. The predicted molar refractivity (Wildman–Crippen MR) is 109 cm³/mol. The average molecular weight is 383 g/mol. The summed E-state index contributed by atoms with van der Waals surface area (Å²) in [6, 6.07) is 8.18. The first-order chi connectivity index (χ1) is 13.6. The number of carbonyl (C=O) groups is 2. The molecule has 6 heteroatoms. The van der Waals surface area contributed by atoms with Crippen LogP contribution in [0.5, 0.6) is 0 Å². The molecule has 6 nitrogen and oxygen atoms in total. The van der Waals surface area contributed by atoms with Crippen molar-refractivity contribution in [2.75, 3.05) is 13.1 Å². The van der Waals surface area contributed by atoms with Gasteiger partial charge in [-0.1, -0.05) is 31.4 Å². The fourth-order valence-electron chi connectivity index (χ4n) is 5.02. The summed E-state index contributed by atoms with van der Waals surface area (Å²) in [6.07, 6.45) is 8.71. The maximum atomic E-state index is 13.5. The van der Waals surface area contributed by atoms with E-state index in [1.807, 2.05) is 29.4 Å². The summed E-state index contributed by atoms with van der Waals surface area (Å²) in [5.74, 6) is 0.435. The lowest BCUT2D eigenvalue weighted by Gasteiger charge is -2.42. The normalized spacial score (nSPS) is 22.2. The van der Waals surface area contributed by atoms with Crippen LogP contribution in [0.1, 0.15) is 51.9 Å². The van der Waals surface area contributed by atoms with Crippen molar-refractivity contribution in [1.82, 2.24) is 19.8 Å².